The fourth-order valence-electron chi connectivity index (χ4n) is 1.82. The van der Waals surface area contributed by atoms with E-state index in [0.717, 1.165) is 6.42 Å². The molecule has 0 spiro atoms. The number of rotatable bonds is 10. The number of pyridine rings is 1. The Labute approximate surface area is 123 Å². The van der Waals surface area contributed by atoms with Gasteiger partial charge < -0.3 is 19.8 Å². The van der Waals surface area contributed by atoms with Crippen molar-refractivity contribution in [3.63, 3.8) is 0 Å². The fraction of sp³-hybridized carbons (Fsp3) is 0.583. The molecule has 0 radical (unpaired) electrons. The molecule has 0 unspecified atom stereocenters. The number of nitrogens with two attached hydrogens (primary N) is 1. The van der Waals surface area contributed by atoms with Crippen LogP contribution in [0, 0.1) is 10.1 Å². The fourth-order valence-corrected chi connectivity index (χ4v) is 1.82. The topological polar surface area (TPSA) is 116 Å². The first-order valence-electron chi connectivity index (χ1n) is 6.49. The molecular formula is C12H21N5O4. The summed E-state index contributed by atoms with van der Waals surface area (Å²) in [6.07, 6.45) is 0.722. The number of hydrazine groups is 1. The molecule has 1 aromatic rings. The highest BCUT2D eigenvalue weighted by molar-refractivity contribution is 5.61. The molecule has 0 aliphatic heterocycles. The molecule has 0 aliphatic rings. The van der Waals surface area contributed by atoms with E-state index >= 15 is 0 Å². The van der Waals surface area contributed by atoms with E-state index in [9.17, 15) is 10.1 Å². The van der Waals surface area contributed by atoms with Crippen molar-refractivity contribution in [2.75, 3.05) is 50.8 Å². The molecule has 0 atom stereocenters. The van der Waals surface area contributed by atoms with Crippen molar-refractivity contribution >= 4 is 17.3 Å². The minimum atomic E-state index is -0.460. The molecule has 0 aliphatic carbocycles. The highest BCUT2D eigenvalue weighted by Crippen LogP contribution is 2.27. The van der Waals surface area contributed by atoms with Crippen LogP contribution in [0.2, 0.25) is 0 Å². The summed E-state index contributed by atoms with van der Waals surface area (Å²) in [4.78, 5) is 16.7. The van der Waals surface area contributed by atoms with Crippen molar-refractivity contribution in [2.24, 2.45) is 5.84 Å². The summed E-state index contributed by atoms with van der Waals surface area (Å²) < 4.78 is 10.1. The Morgan fingerprint density at radius 2 is 2.05 bits per heavy atom. The average Bonchev–Trinajstić information content (AvgIpc) is 2.50. The van der Waals surface area contributed by atoms with Gasteiger partial charge >= 0.3 is 5.69 Å². The van der Waals surface area contributed by atoms with Crippen LogP contribution >= 0.6 is 0 Å². The van der Waals surface area contributed by atoms with Crippen LogP contribution in [0.25, 0.3) is 0 Å². The van der Waals surface area contributed by atoms with Gasteiger partial charge in [-0.25, -0.2) is 10.8 Å². The van der Waals surface area contributed by atoms with Crippen molar-refractivity contribution in [3.05, 3.63) is 22.2 Å². The summed E-state index contributed by atoms with van der Waals surface area (Å²) in [7, 11) is 3.19. The van der Waals surface area contributed by atoms with Crippen LogP contribution in [0.1, 0.15) is 6.42 Å². The molecule has 1 aromatic heterocycles. The van der Waals surface area contributed by atoms with Gasteiger partial charge in [-0.2, -0.15) is 0 Å². The van der Waals surface area contributed by atoms with Gasteiger partial charge in [-0.3, -0.25) is 10.1 Å². The molecule has 0 bridgehead atoms. The summed E-state index contributed by atoms with van der Waals surface area (Å²) in [5, 5.41) is 11.2. The second kappa shape index (κ2) is 9.06. The number of nitrogen functional groups attached to an aromatic ring is 1. The Balaban J connectivity index is 3.03. The van der Waals surface area contributed by atoms with Gasteiger partial charge in [-0.05, 0) is 12.5 Å². The first-order chi connectivity index (χ1) is 10.1. The summed E-state index contributed by atoms with van der Waals surface area (Å²) in [5.41, 5.74) is 2.33. The predicted octanol–water partition coefficient (Wildman–Crippen LogP) is 0.765. The van der Waals surface area contributed by atoms with Crippen molar-refractivity contribution in [1.29, 1.82) is 0 Å². The molecule has 118 valence electrons. The third-order valence-electron chi connectivity index (χ3n) is 2.84. The predicted molar refractivity (Wildman–Crippen MR) is 79.3 cm³/mol. The molecule has 0 fully saturated rings. The molecular weight excluding hydrogens is 278 g/mol. The van der Waals surface area contributed by atoms with Crippen molar-refractivity contribution in [3.8, 4) is 0 Å². The van der Waals surface area contributed by atoms with Gasteiger partial charge in [0.1, 0.15) is 5.82 Å². The third-order valence-corrected chi connectivity index (χ3v) is 2.84. The lowest BCUT2D eigenvalue weighted by molar-refractivity contribution is -0.384. The molecule has 3 N–H and O–H groups in total. The first-order valence-corrected chi connectivity index (χ1v) is 6.49. The number of methoxy groups -OCH3 is 2. The van der Waals surface area contributed by atoms with Crippen LogP contribution in [0.15, 0.2) is 12.1 Å². The molecule has 1 rings (SSSR count). The number of hydrogen-bond acceptors (Lipinski definition) is 8. The summed E-state index contributed by atoms with van der Waals surface area (Å²) in [5.74, 6) is 5.95. The van der Waals surface area contributed by atoms with Gasteiger partial charge in [0.05, 0.1) is 11.5 Å². The zero-order chi connectivity index (χ0) is 15.7. The lowest BCUT2D eigenvalue weighted by Crippen LogP contribution is -2.30. The van der Waals surface area contributed by atoms with Crippen LogP contribution in [0.3, 0.4) is 0 Å². The van der Waals surface area contributed by atoms with E-state index in [1.54, 1.807) is 19.1 Å². The minimum Gasteiger partial charge on any atom is -0.385 e. The second-order valence-corrected chi connectivity index (χ2v) is 4.27. The zero-order valence-corrected chi connectivity index (χ0v) is 12.2. The molecule has 0 aromatic carbocycles. The maximum Gasteiger partial charge on any atom is 0.311 e. The van der Waals surface area contributed by atoms with E-state index in [1.807, 2.05) is 0 Å². The largest absolute Gasteiger partial charge is 0.385 e. The van der Waals surface area contributed by atoms with Gasteiger partial charge in [-0.15, -0.1) is 0 Å². The Bertz CT molecular complexity index is 457. The molecule has 9 heteroatoms. The molecule has 9 nitrogen and oxygen atoms in total. The van der Waals surface area contributed by atoms with Gasteiger partial charge in [0.25, 0.3) is 0 Å². The number of nitrogens with zero attached hydrogens (tertiary/aromatic N) is 3. The number of nitrogens with one attached hydrogen (secondary N) is 1. The first kappa shape index (κ1) is 17.1. The van der Waals surface area contributed by atoms with E-state index < -0.39 is 4.92 Å². The summed E-state index contributed by atoms with van der Waals surface area (Å²) in [6.45, 7) is 2.05. The molecule has 0 saturated heterocycles. The number of hydrogen-bond donors (Lipinski definition) is 2. The monoisotopic (exact) mass is 299 g/mol. The van der Waals surface area contributed by atoms with E-state index in [2.05, 4.69) is 10.4 Å². The minimum absolute atomic E-state index is 0.0671. The number of nitro groups is 1. The highest BCUT2D eigenvalue weighted by atomic mass is 16.6. The molecule has 21 heavy (non-hydrogen) atoms. The summed E-state index contributed by atoms with van der Waals surface area (Å²) in [6, 6.07) is 2.85. The lowest BCUT2D eigenvalue weighted by Gasteiger charge is -2.23. The Morgan fingerprint density at radius 3 is 2.62 bits per heavy atom. The van der Waals surface area contributed by atoms with Gasteiger partial charge in [0.15, 0.2) is 0 Å². The maximum absolute atomic E-state index is 11.2. The van der Waals surface area contributed by atoms with Crippen LogP contribution in [-0.2, 0) is 9.47 Å². The standard InChI is InChI=1S/C12H21N5O4/c1-20-8-3-6-16(7-9-21-2)12-10(17(18)19)4-5-11(14-12)15-13/h4-5H,3,6-9,13H2,1-2H3,(H,14,15). The third kappa shape index (κ3) is 5.14. The number of anilines is 2. The highest BCUT2D eigenvalue weighted by Gasteiger charge is 2.21. The SMILES string of the molecule is COCCCN(CCOC)c1nc(NN)ccc1[N+](=O)[O-]. The molecule has 0 saturated carbocycles. The Morgan fingerprint density at radius 1 is 1.33 bits per heavy atom. The maximum atomic E-state index is 11.2. The van der Waals surface area contributed by atoms with Crippen LogP contribution < -0.4 is 16.2 Å². The van der Waals surface area contributed by atoms with E-state index in [-0.39, 0.29) is 11.5 Å². The van der Waals surface area contributed by atoms with E-state index in [1.165, 1.54) is 12.1 Å². The van der Waals surface area contributed by atoms with E-state index in [4.69, 9.17) is 15.3 Å². The van der Waals surface area contributed by atoms with Crippen LogP contribution in [0.5, 0.6) is 0 Å². The van der Waals surface area contributed by atoms with Crippen molar-refractivity contribution in [1.82, 2.24) is 4.98 Å². The number of aromatic nitrogens is 1. The van der Waals surface area contributed by atoms with Crippen molar-refractivity contribution in [2.45, 2.75) is 6.42 Å². The average molecular weight is 299 g/mol. The molecule has 1 heterocycles. The van der Waals surface area contributed by atoms with Gasteiger partial charge in [0.2, 0.25) is 5.82 Å². The Hall–Kier alpha value is -1.97. The normalized spacial score (nSPS) is 10.4. The second-order valence-electron chi connectivity index (χ2n) is 4.27. The summed E-state index contributed by atoms with van der Waals surface area (Å²) >= 11 is 0. The smallest absolute Gasteiger partial charge is 0.311 e. The number of ether oxygens (including phenoxy) is 2. The van der Waals surface area contributed by atoms with Crippen molar-refractivity contribution < 1.29 is 14.4 Å². The quantitative estimate of drug-likeness (QED) is 0.281. The zero-order valence-electron chi connectivity index (χ0n) is 12.2. The van der Waals surface area contributed by atoms with Gasteiger partial charge in [0, 0.05) is 40.0 Å². The Kier molecular flexibility index (Phi) is 7.37. The van der Waals surface area contributed by atoms with Gasteiger partial charge in [-0.1, -0.05) is 0 Å². The van der Waals surface area contributed by atoms with E-state index in [0.29, 0.717) is 32.1 Å². The molecule has 0 amide bonds. The van der Waals surface area contributed by atoms with Crippen LogP contribution in [-0.4, -0.2) is 50.4 Å². The van der Waals surface area contributed by atoms with Crippen LogP contribution in [0.4, 0.5) is 17.3 Å². The lowest BCUT2D eigenvalue weighted by atomic mass is 10.3.